The lowest BCUT2D eigenvalue weighted by Crippen LogP contribution is -2.45. The van der Waals surface area contributed by atoms with Crippen molar-refractivity contribution < 1.29 is 9.90 Å². The first-order valence-corrected chi connectivity index (χ1v) is 7.08. The Morgan fingerprint density at radius 1 is 1.38 bits per heavy atom. The molecule has 3 rings (SSSR count). The van der Waals surface area contributed by atoms with Crippen LogP contribution >= 0.6 is 0 Å². The molecule has 5 nitrogen and oxygen atoms in total. The SMILES string of the molecule is Cc1cc(CN2Cc3ccccc3CC2C(=O)O)n(C)n1. The fourth-order valence-electron chi connectivity index (χ4n) is 3.01. The number of hydrogen-bond donors (Lipinski definition) is 1. The molecule has 0 saturated heterocycles. The topological polar surface area (TPSA) is 58.4 Å². The predicted molar refractivity (Wildman–Crippen MR) is 78.8 cm³/mol. The predicted octanol–water partition coefficient (Wildman–Crippen LogP) is 1.74. The van der Waals surface area contributed by atoms with Gasteiger partial charge in [0.25, 0.3) is 0 Å². The van der Waals surface area contributed by atoms with Crippen LogP contribution in [-0.4, -0.2) is 31.8 Å². The molecule has 1 aliphatic rings. The van der Waals surface area contributed by atoms with Gasteiger partial charge in [-0.1, -0.05) is 24.3 Å². The third-order valence-corrected chi connectivity index (χ3v) is 4.09. The summed E-state index contributed by atoms with van der Waals surface area (Å²) >= 11 is 0. The first-order chi connectivity index (χ1) is 10.0. The van der Waals surface area contributed by atoms with Crippen LogP contribution in [0.2, 0.25) is 0 Å². The summed E-state index contributed by atoms with van der Waals surface area (Å²) in [6, 6.07) is 9.62. The molecule has 0 aliphatic carbocycles. The van der Waals surface area contributed by atoms with Crippen molar-refractivity contribution >= 4 is 5.97 Å². The number of rotatable bonds is 3. The molecule has 0 fully saturated rings. The summed E-state index contributed by atoms with van der Waals surface area (Å²) < 4.78 is 1.83. The Morgan fingerprint density at radius 3 is 2.71 bits per heavy atom. The van der Waals surface area contributed by atoms with E-state index in [1.54, 1.807) is 0 Å². The van der Waals surface area contributed by atoms with Gasteiger partial charge in [0.1, 0.15) is 6.04 Å². The first-order valence-electron chi connectivity index (χ1n) is 7.08. The third kappa shape index (κ3) is 2.69. The first kappa shape index (κ1) is 13.8. The molecule has 1 aromatic heterocycles. The van der Waals surface area contributed by atoms with Crippen LogP contribution in [0, 0.1) is 6.92 Å². The molecule has 2 heterocycles. The van der Waals surface area contributed by atoms with Gasteiger partial charge in [-0.2, -0.15) is 5.10 Å². The number of hydrogen-bond acceptors (Lipinski definition) is 3. The fraction of sp³-hybridized carbons (Fsp3) is 0.375. The Balaban J connectivity index is 1.89. The highest BCUT2D eigenvalue weighted by atomic mass is 16.4. The van der Waals surface area contributed by atoms with Gasteiger partial charge in [0.05, 0.1) is 11.4 Å². The highest BCUT2D eigenvalue weighted by Gasteiger charge is 2.31. The largest absolute Gasteiger partial charge is 0.480 e. The maximum Gasteiger partial charge on any atom is 0.321 e. The average molecular weight is 285 g/mol. The molecule has 0 radical (unpaired) electrons. The normalized spacial score (nSPS) is 18.5. The van der Waals surface area contributed by atoms with Crippen molar-refractivity contribution in [3.63, 3.8) is 0 Å². The molecule has 1 aliphatic heterocycles. The molecular formula is C16H19N3O2. The number of benzene rings is 1. The molecule has 0 saturated carbocycles. The molecular weight excluding hydrogens is 266 g/mol. The van der Waals surface area contributed by atoms with Crippen molar-refractivity contribution in [3.05, 3.63) is 52.8 Å². The van der Waals surface area contributed by atoms with Crippen LogP contribution < -0.4 is 0 Å². The zero-order valence-electron chi connectivity index (χ0n) is 12.3. The van der Waals surface area contributed by atoms with E-state index in [9.17, 15) is 9.90 Å². The quantitative estimate of drug-likeness (QED) is 0.933. The second-order valence-corrected chi connectivity index (χ2v) is 5.63. The minimum absolute atomic E-state index is 0.477. The van der Waals surface area contributed by atoms with Gasteiger partial charge in [-0.05, 0) is 30.5 Å². The summed E-state index contributed by atoms with van der Waals surface area (Å²) in [6.45, 7) is 3.21. The molecule has 1 aromatic carbocycles. The Kier molecular flexibility index (Phi) is 3.51. The van der Waals surface area contributed by atoms with E-state index in [0.717, 1.165) is 17.0 Å². The van der Waals surface area contributed by atoms with Gasteiger partial charge in [-0.3, -0.25) is 14.4 Å². The van der Waals surface area contributed by atoms with Gasteiger partial charge in [-0.15, -0.1) is 0 Å². The van der Waals surface area contributed by atoms with E-state index < -0.39 is 12.0 Å². The second kappa shape index (κ2) is 5.33. The van der Waals surface area contributed by atoms with Gasteiger partial charge in [-0.25, -0.2) is 0 Å². The lowest BCUT2D eigenvalue weighted by molar-refractivity contribution is -0.144. The average Bonchev–Trinajstić information content (AvgIpc) is 2.76. The van der Waals surface area contributed by atoms with Crippen molar-refractivity contribution in [2.45, 2.75) is 32.5 Å². The maximum absolute atomic E-state index is 11.6. The lowest BCUT2D eigenvalue weighted by atomic mass is 9.94. The number of carbonyl (C=O) groups is 1. The summed E-state index contributed by atoms with van der Waals surface area (Å²) in [7, 11) is 1.90. The molecule has 1 unspecified atom stereocenters. The van der Waals surface area contributed by atoms with Gasteiger partial charge in [0.2, 0.25) is 0 Å². The number of carboxylic acid groups (broad SMARTS) is 1. The number of aromatic nitrogens is 2. The van der Waals surface area contributed by atoms with E-state index in [1.165, 1.54) is 5.56 Å². The summed E-state index contributed by atoms with van der Waals surface area (Å²) in [6.07, 6.45) is 0.558. The van der Waals surface area contributed by atoms with Crippen LogP contribution in [-0.2, 0) is 31.4 Å². The van der Waals surface area contributed by atoms with Crippen molar-refractivity contribution in [3.8, 4) is 0 Å². The zero-order chi connectivity index (χ0) is 15.0. The van der Waals surface area contributed by atoms with Crippen molar-refractivity contribution in [1.82, 2.24) is 14.7 Å². The number of aliphatic carboxylic acids is 1. The van der Waals surface area contributed by atoms with Crippen LogP contribution in [0.15, 0.2) is 30.3 Å². The smallest absolute Gasteiger partial charge is 0.321 e. The maximum atomic E-state index is 11.6. The molecule has 5 heteroatoms. The number of aryl methyl sites for hydroxylation is 2. The molecule has 1 atom stereocenters. The number of carboxylic acids is 1. The van der Waals surface area contributed by atoms with Crippen LogP contribution in [0.4, 0.5) is 0 Å². The molecule has 110 valence electrons. The Labute approximate surface area is 123 Å². The lowest BCUT2D eigenvalue weighted by Gasteiger charge is -2.34. The molecule has 0 spiro atoms. The Morgan fingerprint density at radius 2 is 2.10 bits per heavy atom. The highest BCUT2D eigenvalue weighted by Crippen LogP contribution is 2.25. The number of fused-ring (bicyclic) bond motifs is 1. The van der Waals surface area contributed by atoms with E-state index in [1.807, 2.05) is 47.8 Å². The second-order valence-electron chi connectivity index (χ2n) is 5.63. The third-order valence-electron chi connectivity index (χ3n) is 4.09. The van der Waals surface area contributed by atoms with Crippen LogP contribution in [0.3, 0.4) is 0 Å². The van der Waals surface area contributed by atoms with Crippen LogP contribution in [0.1, 0.15) is 22.5 Å². The molecule has 0 bridgehead atoms. The molecule has 2 aromatic rings. The van der Waals surface area contributed by atoms with Gasteiger partial charge in [0, 0.05) is 20.1 Å². The van der Waals surface area contributed by atoms with Gasteiger partial charge >= 0.3 is 5.97 Å². The van der Waals surface area contributed by atoms with Gasteiger partial charge < -0.3 is 5.11 Å². The van der Waals surface area contributed by atoms with Crippen molar-refractivity contribution in [1.29, 1.82) is 0 Å². The molecule has 0 amide bonds. The van der Waals surface area contributed by atoms with E-state index in [0.29, 0.717) is 19.5 Å². The Bertz CT molecular complexity index is 678. The van der Waals surface area contributed by atoms with Crippen LogP contribution in [0.25, 0.3) is 0 Å². The standard InChI is InChI=1S/C16H19N3O2/c1-11-7-14(18(2)17-11)10-19-9-13-6-4-3-5-12(13)8-15(19)16(20)21/h3-7,15H,8-10H2,1-2H3,(H,20,21). The van der Waals surface area contributed by atoms with Crippen LogP contribution in [0.5, 0.6) is 0 Å². The Hall–Kier alpha value is -2.14. The van der Waals surface area contributed by atoms with E-state index in [4.69, 9.17) is 0 Å². The van der Waals surface area contributed by atoms with E-state index in [-0.39, 0.29) is 0 Å². The molecule has 21 heavy (non-hydrogen) atoms. The minimum Gasteiger partial charge on any atom is -0.480 e. The number of nitrogens with zero attached hydrogens (tertiary/aromatic N) is 3. The highest BCUT2D eigenvalue weighted by molar-refractivity contribution is 5.74. The van der Waals surface area contributed by atoms with Gasteiger partial charge in [0.15, 0.2) is 0 Å². The summed E-state index contributed by atoms with van der Waals surface area (Å²) in [5.74, 6) is -0.761. The summed E-state index contributed by atoms with van der Waals surface area (Å²) in [5.41, 5.74) is 4.35. The van der Waals surface area contributed by atoms with Crippen molar-refractivity contribution in [2.75, 3.05) is 0 Å². The summed E-state index contributed by atoms with van der Waals surface area (Å²) in [5, 5.41) is 13.9. The molecule has 1 N–H and O–H groups in total. The van der Waals surface area contributed by atoms with Crippen molar-refractivity contribution in [2.24, 2.45) is 7.05 Å². The summed E-state index contributed by atoms with van der Waals surface area (Å²) in [4.78, 5) is 13.6. The van der Waals surface area contributed by atoms with E-state index >= 15 is 0 Å². The fourth-order valence-corrected chi connectivity index (χ4v) is 3.01. The van der Waals surface area contributed by atoms with E-state index in [2.05, 4.69) is 11.2 Å². The zero-order valence-corrected chi connectivity index (χ0v) is 12.3. The monoisotopic (exact) mass is 285 g/mol. The minimum atomic E-state index is -0.761.